The van der Waals surface area contributed by atoms with E-state index in [2.05, 4.69) is 51.4 Å². The summed E-state index contributed by atoms with van der Waals surface area (Å²) in [6, 6.07) is 6.06. The zero-order valence-corrected chi connectivity index (χ0v) is 17.1. The zero-order valence-electron chi connectivity index (χ0n) is 17.1. The summed E-state index contributed by atoms with van der Waals surface area (Å²) in [5.74, 6) is 0.381. The number of para-hydroxylation sites is 1. The van der Waals surface area contributed by atoms with Crippen LogP contribution in [-0.4, -0.2) is 36.6 Å². The van der Waals surface area contributed by atoms with Crippen molar-refractivity contribution in [2.24, 2.45) is 5.92 Å². The molecule has 0 aliphatic carbocycles. The molecule has 0 saturated carbocycles. The number of quaternary nitrogens is 1. The lowest BCUT2D eigenvalue weighted by atomic mass is 10.1. The lowest BCUT2D eigenvalue weighted by Crippen LogP contribution is -2.53. The second-order valence-electron chi connectivity index (χ2n) is 7.22. The molecule has 0 heterocycles. The van der Waals surface area contributed by atoms with Gasteiger partial charge in [-0.3, -0.25) is 4.79 Å². The molecule has 1 unspecified atom stereocenters. The molecule has 0 bridgehead atoms. The smallest absolute Gasteiger partial charge is 0.279 e. The van der Waals surface area contributed by atoms with Gasteiger partial charge in [0, 0.05) is 5.69 Å². The number of nitrogens with one attached hydrogen (secondary N) is 1. The van der Waals surface area contributed by atoms with Crippen LogP contribution in [0.1, 0.15) is 31.9 Å². The lowest BCUT2D eigenvalue weighted by Gasteiger charge is -2.36. The third-order valence-electron chi connectivity index (χ3n) is 5.11. The molecule has 0 fully saturated rings. The van der Waals surface area contributed by atoms with Crippen molar-refractivity contribution >= 4 is 11.6 Å². The first kappa shape index (κ1) is 21.9. The van der Waals surface area contributed by atoms with Crippen LogP contribution in [0.4, 0.5) is 5.69 Å². The summed E-state index contributed by atoms with van der Waals surface area (Å²) >= 11 is 0. The first-order valence-electron chi connectivity index (χ1n) is 9.46. The fourth-order valence-corrected chi connectivity index (χ4v) is 3.07. The number of likely N-dealkylation sites (N-methyl/N-ethyl adjacent to an activating group) is 1. The predicted octanol–water partition coefficient (Wildman–Crippen LogP) is 5.03. The number of anilines is 1. The highest BCUT2D eigenvalue weighted by molar-refractivity contribution is 5.93. The van der Waals surface area contributed by atoms with Gasteiger partial charge in [0.1, 0.15) is 6.54 Å². The maximum Gasteiger partial charge on any atom is 0.279 e. The Morgan fingerprint density at radius 3 is 2.27 bits per heavy atom. The number of nitrogens with zero attached hydrogens (tertiary/aromatic N) is 1. The Kier molecular flexibility index (Phi) is 8.53. The standard InChI is InChI=1S/C23H34N2O/c1-8-18(4)14-15-19(5)16-25(9-2,10-3)17-22(26)24-23-20(6)12-11-13-21(23)7/h8,11-15,18H,1,5,9-10,16-17H2,2-4,6-7H3/p+1/b15-14-. The third kappa shape index (κ3) is 6.30. The summed E-state index contributed by atoms with van der Waals surface area (Å²) in [7, 11) is 0. The molecule has 1 rings (SSSR count). The van der Waals surface area contributed by atoms with Crippen LogP contribution in [0.3, 0.4) is 0 Å². The average molecular weight is 356 g/mol. The van der Waals surface area contributed by atoms with E-state index >= 15 is 0 Å². The maximum absolute atomic E-state index is 12.8. The second kappa shape index (κ2) is 10.1. The lowest BCUT2D eigenvalue weighted by molar-refractivity contribution is -0.912. The molecule has 1 amide bonds. The number of carbonyl (C=O) groups excluding carboxylic acids is 1. The van der Waals surface area contributed by atoms with Gasteiger partial charge in [0.2, 0.25) is 0 Å². The fourth-order valence-electron chi connectivity index (χ4n) is 3.07. The van der Waals surface area contributed by atoms with E-state index in [1.807, 2.05) is 38.1 Å². The zero-order chi connectivity index (χ0) is 19.7. The number of hydrogen-bond donors (Lipinski definition) is 1. The van der Waals surface area contributed by atoms with E-state index in [9.17, 15) is 4.79 Å². The van der Waals surface area contributed by atoms with E-state index in [0.717, 1.165) is 42.0 Å². The molecule has 1 atom stereocenters. The SMILES string of the molecule is C=CC(C)/C=C\C(=C)C[N+](CC)(CC)CC(=O)Nc1c(C)cccc1C. The Labute approximate surface area is 159 Å². The molecule has 1 aromatic carbocycles. The Hall–Kier alpha value is -2.13. The largest absolute Gasteiger partial charge is 0.321 e. The molecule has 3 heteroatoms. The molecular weight excluding hydrogens is 320 g/mol. The number of aryl methyl sites for hydroxylation is 2. The van der Waals surface area contributed by atoms with Gasteiger partial charge >= 0.3 is 0 Å². The molecule has 0 aliphatic rings. The quantitative estimate of drug-likeness (QED) is 0.356. The molecule has 1 N–H and O–H groups in total. The number of amides is 1. The molecule has 0 aliphatic heterocycles. The number of hydrogen-bond acceptors (Lipinski definition) is 1. The Bertz CT molecular complexity index is 649. The monoisotopic (exact) mass is 355 g/mol. The van der Waals surface area contributed by atoms with Gasteiger partial charge in [0.25, 0.3) is 5.91 Å². The molecule has 0 spiro atoms. The van der Waals surface area contributed by atoms with Crippen LogP contribution in [0.15, 0.2) is 55.2 Å². The van der Waals surface area contributed by atoms with Gasteiger partial charge in [-0.1, -0.05) is 49.9 Å². The van der Waals surface area contributed by atoms with Crippen molar-refractivity contribution in [1.29, 1.82) is 0 Å². The summed E-state index contributed by atoms with van der Waals surface area (Å²) < 4.78 is 0.697. The Balaban J connectivity index is 2.85. The number of rotatable bonds is 10. The van der Waals surface area contributed by atoms with E-state index in [-0.39, 0.29) is 5.91 Å². The molecule has 0 saturated heterocycles. The van der Waals surface area contributed by atoms with Crippen LogP contribution in [0.25, 0.3) is 0 Å². The minimum Gasteiger partial charge on any atom is -0.321 e. The van der Waals surface area contributed by atoms with Gasteiger partial charge in [0.15, 0.2) is 6.54 Å². The second-order valence-corrected chi connectivity index (χ2v) is 7.22. The van der Waals surface area contributed by atoms with Crippen molar-refractivity contribution in [1.82, 2.24) is 0 Å². The predicted molar refractivity (Wildman–Crippen MR) is 113 cm³/mol. The van der Waals surface area contributed by atoms with E-state index < -0.39 is 0 Å². The highest BCUT2D eigenvalue weighted by atomic mass is 16.2. The van der Waals surface area contributed by atoms with Crippen LogP contribution in [0, 0.1) is 19.8 Å². The van der Waals surface area contributed by atoms with Crippen LogP contribution < -0.4 is 5.32 Å². The van der Waals surface area contributed by atoms with Crippen LogP contribution in [0.5, 0.6) is 0 Å². The van der Waals surface area contributed by atoms with Crippen molar-refractivity contribution in [3.63, 3.8) is 0 Å². The highest BCUT2D eigenvalue weighted by Gasteiger charge is 2.27. The molecule has 142 valence electrons. The molecule has 1 aromatic rings. The van der Waals surface area contributed by atoms with Crippen LogP contribution in [0.2, 0.25) is 0 Å². The van der Waals surface area contributed by atoms with Gasteiger partial charge in [-0.15, -0.1) is 6.58 Å². The first-order chi connectivity index (χ1) is 12.3. The Morgan fingerprint density at radius 2 is 1.77 bits per heavy atom. The van der Waals surface area contributed by atoms with Gasteiger partial charge in [0.05, 0.1) is 13.1 Å². The van der Waals surface area contributed by atoms with Gasteiger partial charge in [-0.05, 0) is 50.3 Å². The average Bonchev–Trinajstić information content (AvgIpc) is 2.62. The molecule has 0 aromatic heterocycles. The molecular formula is C23H35N2O+. The number of carbonyl (C=O) groups is 1. The summed E-state index contributed by atoms with van der Waals surface area (Å²) in [6.45, 7) is 21.4. The highest BCUT2D eigenvalue weighted by Crippen LogP contribution is 2.20. The summed E-state index contributed by atoms with van der Waals surface area (Å²) in [4.78, 5) is 12.8. The molecule has 26 heavy (non-hydrogen) atoms. The third-order valence-corrected chi connectivity index (χ3v) is 5.11. The molecule has 3 nitrogen and oxygen atoms in total. The number of allylic oxidation sites excluding steroid dienone is 2. The van der Waals surface area contributed by atoms with Crippen LogP contribution in [-0.2, 0) is 4.79 Å². The van der Waals surface area contributed by atoms with Crippen molar-refractivity contribution < 1.29 is 9.28 Å². The van der Waals surface area contributed by atoms with E-state index in [4.69, 9.17) is 0 Å². The first-order valence-corrected chi connectivity index (χ1v) is 9.46. The van der Waals surface area contributed by atoms with Crippen molar-refractivity contribution in [3.05, 3.63) is 66.3 Å². The van der Waals surface area contributed by atoms with Crippen LogP contribution >= 0.6 is 0 Å². The van der Waals surface area contributed by atoms with Gasteiger partial charge in [-0.25, -0.2) is 0 Å². The van der Waals surface area contributed by atoms with Crippen molar-refractivity contribution in [2.45, 2.75) is 34.6 Å². The minimum atomic E-state index is 0.0577. The van der Waals surface area contributed by atoms with Crippen molar-refractivity contribution in [3.8, 4) is 0 Å². The van der Waals surface area contributed by atoms with Crippen molar-refractivity contribution in [2.75, 3.05) is 31.5 Å². The minimum absolute atomic E-state index is 0.0577. The summed E-state index contributed by atoms with van der Waals surface area (Å²) in [5.41, 5.74) is 4.16. The van der Waals surface area contributed by atoms with E-state index in [1.165, 1.54) is 0 Å². The Morgan fingerprint density at radius 1 is 1.19 bits per heavy atom. The van der Waals surface area contributed by atoms with Gasteiger partial charge in [-0.2, -0.15) is 0 Å². The van der Waals surface area contributed by atoms with E-state index in [1.54, 1.807) is 0 Å². The van der Waals surface area contributed by atoms with Gasteiger partial charge < -0.3 is 9.80 Å². The normalized spacial score (nSPS) is 12.8. The maximum atomic E-state index is 12.8. The fraction of sp³-hybridized carbons (Fsp3) is 0.435. The molecule has 0 radical (unpaired) electrons. The topological polar surface area (TPSA) is 29.1 Å². The number of benzene rings is 1. The summed E-state index contributed by atoms with van der Waals surface area (Å²) in [6.07, 6.45) is 6.07. The summed E-state index contributed by atoms with van der Waals surface area (Å²) in [5, 5.41) is 3.12. The van der Waals surface area contributed by atoms with E-state index in [0.29, 0.717) is 16.9 Å².